The first-order valence-corrected chi connectivity index (χ1v) is 7.61. The van der Waals surface area contributed by atoms with Gasteiger partial charge in [-0.15, -0.1) is 0 Å². The predicted octanol–water partition coefficient (Wildman–Crippen LogP) is 5.05. The van der Waals surface area contributed by atoms with Gasteiger partial charge in [-0.2, -0.15) is 0 Å². The van der Waals surface area contributed by atoms with Crippen molar-refractivity contribution in [2.75, 3.05) is 6.61 Å². The zero-order chi connectivity index (χ0) is 14.3. The van der Waals surface area contributed by atoms with Crippen molar-refractivity contribution < 1.29 is 9.53 Å². The van der Waals surface area contributed by atoms with E-state index in [1.807, 2.05) is 6.08 Å². The highest BCUT2D eigenvalue weighted by Gasteiger charge is 2.02. The molecule has 0 amide bonds. The number of carbonyl (C=O) groups is 1. The van der Waals surface area contributed by atoms with Gasteiger partial charge < -0.3 is 4.74 Å². The Hall–Kier alpha value is -1.05. The lowest BCUT2D eigenvalue weighted by atomic mass is 9.96. The van der Waals surface area contributed by atoms with Gasteiger partial charge in [-0.25, -0.2) is 0 Å². The second kappa shape index (κ2) is 13.4. The fraction of sp³-hybridized carbons (Fsp3) is 0.706. The average Bonchev–Trinajstić information content (AvgIpc) is 2.37. The van der Waals surface area contributed by atoms with Crippen molar-refractivity contribution in [2.45, 2.75) is 65.7 Å². The molecular formula is C17H30O2. The van der Waals surface area contributed by atoms with Crippen LogP contribution >= 0.6 is 0 Å². The topological polar surface area (TPSA) is 26.3 Å². The van der Waals surface area contributed by atoms with Gasteiger partial charge >= 0.3 is 5.97 Å². The second-order valence-electron chi connectivity index (χ2n) is 5.00. The van der Waals surface area contributed by atoms with Crippen LogP contribution in [0.3, 0.4) is 0 Å². The molecule has 0 rings (SSSR count). The van der Waals surface area contributed by atoms with Crippen molar-refractivity contribution in [3.63, 3.8) is 0 Å². The number of allylic oxidation sites excluding steroid dienone is 3. The van der Waals surface area contributed by atoms with Crippen LogP contribution in [0.5, 0.6) is 0 Å². The summed E-state index contributed by atoms with van der Waals surface area (Å²) in [4.78, 5) is 10.6. The van der Waals surface area contributed by atoms with Crippen molar-refractivity contribution in [1.29, 1.82) is 0 Å². The van der Waals surface area contributed by atoms with Crippen LogP contribution in [0.4, 0.5) is 0 Å². The highest BCUT2D eigenvalue weighted by molar-refractivity contribution is 5.65. The highest BCUT2D eigenvalue weighted by Crippen LogP contribution is 2.17. The second-order valence-corrected chi connectivity index (χ2v) is 5.00. The molecule has 0 saturated heterocycles. The minimum atomic E-state index is -0.217. The van der Waals surface area contributed by atoms with Gasteiger partial charge in [0.2, 0.25) is 0 Å². The molecule has 0 heterocycles. The molecule has 0 aliphatic rings. The normalized spacial score (nSPS) is 13.2. The van der Waals surface area contributed by atoms with E-state index in [0.717, 1.165) is 6.42 Å². The number of hydrogen-bond acceptors (Lipinski definition) is 2. The fourth-order valence-corrected chi connectivity index (χ4v) is 2.08. The minimum absolute atomic E-state index is 0.217. The summed E-state index contributed by atoms with van der Waals surface area (Å²) in [5.74, 6) is 0.408. The summed E-state index contributed by atoms with van der Waals surface area (Å²) in [5.41, 5.74) is 0. The number of rotatable bonds is 11. The lowest BCUT2D eigenvalue weighted by molar-refractivity contribution is -0.139. The third-order valence-electron chi connectivity index (χ3n) is 3.13. The minimum Gasteiger partial charge on any atom is -0.462 e. The maximum Gasteiger partial charge on any atom is 0.302 e. The third kappa shape index (κ3) is 13.2. The van der Waals surface area contributed by atoms with E-state index in [1.165, 1.54) is 45.4 Å². The van der Waals surface area contributed by atoms with Crippen LogP contribution in [0.15, 0.2) is 24.3 Å². The standard InChI is InChI=1S/C17H30O2/c1-4-6-7-8-9-13-17(12-5-2)14-10-11-15-19-16(3)18/h5,10-12,17H,4,6-9,13-15H2,1-3H3. The molecule has 0 bridgehead atoms. The molecule has 0 aliphatic carbocycles. The van der Waals surface area contributed by atoms with Crippen LogP contribution in [0.25, 0.3) is 0 Å². The zero-order valence-corrected chi connectivity index (χ0v) is 12.9. The van der Waals surface area contributed by atoms with Gasteiger partial charge in [0.25, 0.3) is 0 Å². The van der Waals surface area contributed by atoms with Crippen LogP contribution in [-0.4, -0.2) is 12.6 Å². The maximum absolute atomic E-state index is 10.6. The van der Waals surface area contributed by atoms with Gasteiger partial charge in [-0.05, 0) is 25.7 Å². The van der Waals surface area contributed by atoms with Crippen LogP contribution in [-0.2, 0) is 9.53 Å². The Kier molecular flexibility index (Phi) is 12.6. The van der Waals surface area contributed by atoms with Crippen LogP contribution < -0.4 is 0 Å². The van der Waals surface area contributed by atoms with Gasteiger partial charge in [-0.3, -0.25) is 4.79 Å². The first kappa shape index (κ1) is 17.9. The van der Waals surface area contributed by atoms with Gasteiger partial charge in [0.15, 0.2) is 0 Å². The molecule has 0 saturated carbocycles. The Morgan fingerprint density at radius 1 is 1.16 bits per heavy atom. The molecule has 0 fully saturated rings. The molecule has 0 spiro atoms. The summed E-state index contributed by atoms with van der Waals surface area (Å²) in [6.45, 7) is 6.16. The van der Waals surface area contributed by atoms with E-state index in [4.69, 9.17) is 4.74 Å². The summed E-state index contributed by atoms with van der Waals surface area (Å²) in [7, 11) is 0. The average molecular weight is 266 g/mol. The maximum atomic E-state index is 10.6. The lowest BCUT2D eigenvalue weighted by Gasteiger charge is -2.10. The Balaban J connectivity index is 3.76. The lowest BCUT2D eigenvalue weighted by Crippen LogP contribution is -1.98. The first-order chi connectivity index (χ1) is 9.20. The number of unbranched alkanes of at least 4 members (excludes halogenated alkanes) is 4. The van der Waals surface area contributed by atoms with Crippen molar-refractivity contribution in [1.82, 2.24) is 0 Å². The van der Waals surface area contributed by atoms with E-state index in [0.29, 0.717) is 12.5 Å². The summed E-state index contributed by atoms with van der Waals surface area (Å²) in [6.07, 6.45) is 17.5. The molecule has 0 aromatic carbocycles. The summed E-state index contributed by atoms with van der Waals surface area (Å²) in [6, 6.07) is 0. The van der Waals surface area contributed by atoms with E-state index in [1.54, 1.807) is 0 Å². The molecule has 2 nitrogen and oxygen atoms in total. The number of esters is 1. The molecule has 0 N–H and O–H groups in total. The summed E-state index contributed by atoms with van der Waals surface area (Å²) in [5, 5.41) is 0. The van der Waals surface area contributed by atoms with Crippen LogP contribution in [0, 0.1) is 5.92 Å². The van der Waals surface area contributed by atoms with Crippen LogP contribution in [0.1, 0.15) is 65.7 Å². The molecule has 110 valence electrons. The molecule has 0 aromatic rings. The van der Waals surface area contributed by atoms with Gasteiger partial charge in [0, 0.05) is 6.92 Å². The van der Waals surface area contributed by atoms with Crippen molar-refractivity contribution >= 4 is 5.97 Å². The number of ether oxygens (including phenoxy) is 1. The van der Waals surface area contributed by atoms with E-state index < -0.39 is 0 Å². The van der Waals surface area contributed by atoms with Gasteiger partial charge in [-0.1, -0.05) is 63.3 Å². The largest absolute Gasteiger partial charge is 0.462 e. The Morgan fingerprint density at radius 3 is 2.53 bits per heavy atom. The van der Waals surface area contributed by atoms with E-state index in [2.05, 4.69) is 32.1 Å². The Bertz CT molecular complexity index is 266. The molecule has 2 heteroatoms. The molecule has 0 aliphatic heterocycles. The van der Waals surface area contributed by atoms with Crippen LogP contribution in [0.2, 0.25) is 0 Å². The Morgan fingerprint density at radius 2 is 1.89 bits per heavy atom. The van der Waals surface area contributed by atoms with E-state index in [-0.39, 0.29) is 5.97 Å². The molecule has 0 aromatic heterocycles. The van der Waals surface area contributed by atoms with Gasteiger partial charge in [0.05, 0.1) is 0 Å². The van der Waals surface area contributed by atoms with E-state index in [9.17, 15) is 4.79 Å². The number of hydrogen-bond donors (Lipinski definition) is 0. The highest BCUT2D eigenvalue weighted by atomic mass is 16.5. The third-order valence-corrected chi connectivity index (χ3v) is 3.13. The smallest absolute Gasteiger partial charge is 0.302 e. The van der Waals surface area contributed by atoms with Crippen molar-refractivity contribution in [3.05, 3.63) is 24.3 Å². The quantitative estimate of drug-likeness (QED) is 0.297. The summed E-state index contributed by atoms with van der Waals surface area (Å²) < 4.78 is 4.87. The molecular weight excluding hydrogens is 236 g/mol. The van der Waals surface area contributed by atoms with Crippen molar-refractivity contribution in [3.8, 4) is 0 Å². The molecule has 1 atom stereocenters. The SMILES string of the molecule is CC=CC(CC=CCOC(C)=O)CCCCCCC. The number of carbonyl (C=O) groups excluding carboxylic acids is 1. The van der Waals surface area contributed by atoms with Crippen molar-refractivity contribution in [2.24, 2.45) is 5.92 Å². The predicted molar refractivity (Wildman–Crippen MR) is 82.1 cm³/mol. The molecule has 0 radical (unpaired) electrons. The fourth-order valence-electron chi connectivity index (χ4n) is 2.08. The van der Waals surface area contributed by atoms with Gasteiger partial charge in [0.1, 0.15) is 6.61 Å². The zero-order valence-electron chi connectivity index (χ0n) is 12.9. The monoisotopic (exact) mass is 266 g/mol. The molecule has 19 heavy (non-hydrogen) atoms. The Labute approximate surface area is 118 Å². The first-order valence-electron chi connectivity index (χ1n) is 7.61. The summed E-state index contributed by atoms with van der Waals surface area (Å²) >= 11 is 0. The molecule has 1 unspecified atom stereocenters. The van der Waals surface area contributed by atoms with E-state index >= 15 is 0 Å².